The molecule has 2 aromatic carbocycles. The van der Waals surface area contributed by atoms with Gasteiger partial charge in [-0.25, -0.2) is 0 Å². The van der Waals surface area contributed by atoms with Gasteiger partial charge in [-0.15, -0.1) is 0 Å². The highest BCUT2D eigenvalue weighted by Crippen LogP contribution is 2.25. The molecular weight excluding hydrogens is 350 g/mol. The maximum Gasteiger partial charge on any atom is 0.260 e. The van der Waals surface area contributed by atoms with Crippen LogP contribution in [0.25, 0.3) is 0 Å². The number of nitrogens with one attached hydrogen (secondary N) is 1. The van der Waals surface area contributed by atoms with Crippen molar-refractivity contribution in [3.05, 3.63) is 64.7 Å². The van der Waals surface area contributed by atoms with E-state index in [1.54, 1.807) is 31.2 Å². The maximum absolute atomic E-state index is 12.4. The fourth-order valence-electron chi connectivity index (χ4n) is 2.52. The number of amides is 1. The summed E-state index contributed by atoms with van der Waals surface area (Å²) in [5.41, 5.74) is 1.50. The molecule has 0 spiro atoms. The van der Waals surface area contributed by atoms with Gasteiger partial charge in [-0.1, -0.05) is 29.8 Å². The molecule has 6 heteroatoms. The summed E-state index contributed by atoms with van der Waals surface area (Å²) in [6, 6.07) is 16.3. The first-order valence-corrected chi connectivity index (χ1v) is 8.65. The molecule has 0 aliphatic heterocycles. The topological polar surface area (TPSA) is 65.4 Å². The number of carbonyl (C=O) groups excluding carboxylic acids is 1. The van der Waals surface area contributed by atoms with Crippen molar-refractivity contribution in [2.24, 2.45) is 0 Å². The predicted octanol–water partition coefficient (Wildman–Crippen LogP) is 3.40. The summed E-state index contributed by atoms with van der Waals surface area (Å²) < 4.78 is 5.64. The molecule has 0 saturated heterocycles. The quantitative estimate of drug-likeness (QED) is 0.810. The van der Waals surface area contributed by atoms with Crippen LogP contribution in [0.4, 0.5) is 0 Å². The normalized spacial score (nSPS) is 12.9. The zero-order valence-corrected chi connectivity index (χ0v) is 15.8. The van der Waals surface area contributed by atoms with Crippen molar-refractivity contribution in [3.8, 4) is 11.8 Å². The third-order valence-corrected chi connectivity index (χ3v) is 4.37. The Morgan fingerprint density at radius 1 is 1.23 bits per heavy atom. The number of benzene rings is 2. The Hall–Kier alpha value is -2.55. The molecule has 26 heavy (non-hydrogen) atoms. The van der Waals surface area contributed by atoms with Crippen molar-refractivity contribution in [1.29, 1.82) is 5.26 Å². The number of halogens is 1. The number of nitriles is 1. The van der Waals surface area contributed by atoms with Gasteiger partial charge >= 0.3 is 0 Å². The smallest absolute Gasteiger partial charge is 0.260 e. The molecule has 0 aliphatic carbocycles. The van der Waals surface area contributed by atoms with E-state index in [9.17, 15) is 4.79 Å². The van der Waals surface area contributed by atoms with Gasteiger partial charge in [0.2, 0.25) is 0 Å². The van der Waals surface area contributed by atoms with E-state index >= 15 is 0 Å². The summed E-state index contributed by atoms with van der Waals surface area (Å²) in [5, 5.41) is 12.4. The number of nitrogens with zero attached hydrogens (tertiary/aromatic N) is 2. The van der Waals surface area contributed by atoms with Gasteiger partial charge in [-0.05, 0) is 56.9 Å². The molecule has 0 unspecified atom stereocenters. The van der Waals surface area contributed by atoms with Crippen molar-refractivity contribution >= 4 is 17.5 Å². The van der Waals surface area contributed by atoms with Gasteiger partial charge in [0.05, 0.1) is 17.7 Å². The average Bonchev–Trinajstić information content (AvgIpc) is 2.63. The lowest BCUT2D eigenvalue weighted by Gasteiger charge is -2.26. The summed E-state index contributed by atoms with van der Waals surface area (Å²) in [4.78, 5) is 14.4. The molecule has 0 aromatic heterocycles. The highest BCUT2D eigenvalue weighted by molar-refractivity contribution is 6.31. The van der Waals surface area contributed by atoms with Crippen LogP contribution in [-0.2, 0) is 4.79 Å². The van der Waals surface area contributed by atoms with Crippen LogP contribution in [0.2, 0.25) is 5.02 Å². The molecular formula is C20H22ClN3O2. The van der Waals surface area contributed by atoms with Crippen molar-refractivity contribution in [3.63, 3.8) is 0 Å². The lowest BCUT2D eigenvalue weighted by Crippen LogP contribution is -2.41. The second kappa shape index (κ2) is 9.23. The van der Waals surface area contributed by atoms with E-state index in [1.807, 2.05) is 49.3 Å². The van der Waals surface area contributed by atoms with E-state index < -0.39 is 6.10 Å². The third-order valence-electron chi connectivity index (χ3n) is 4.02. The molecule has 0 heterocycles. The van der Waals surface area contributed by atoms with E-state index in [4.69, 9.17) is 21.6 Å². The second-order valence-corrected chi connectivity index (χ2v) is 6.55. The van der Waals surface area contributed by atoms with Gasteiger partial charge in [-0.3, -0.25) is 4.79 Å². The SMILES string of the molecule is C[C@@H](Oc1ccc(C#N)cc1)C(=O)NC[C@H](c1ccccc1Cl)N(C)C. The lowest BCUT2D eigenvalue weighted by molar-refractivity contribution is -0.127. The van der Waals surface area contributed by atoms with E-state index in [-0.39, 0.29) is 11.9 Å². The van der Waals surface area contributed by atoms with Crippen LogP contribution >= 0.6 is 11.6 Å². The molecule has 0 aliphatic rings. The highest BCUT2D eigenvalue weighted by atomic mass is 35.5. The number of rotatable bonds is 7. The van der Waals surface area contributed by atoms with Gasteiger partial charge in [0.25, 0.3) is 5.91 Å². The highest BCUT2D eigenvalue weighted by Gasteiger charge is 2.20. The molecule has 1 N–H and O–H groups in total. The van der Waals surface area contributed by atoms with Gasteiger partial charge < -0.3 is 15.0 Å². The predicted molar refractivity (Wildman–Crippen MR) is 102 cm³/mol. The summed E-state index contributed by atoms with van der Waals surface area (Å²) in [6.07, 6.45) is -0.656. The van der Waals surface area contributed by atoms with Gasteiger partial charge in [0.15, 0.2) is 6.10 Å². The Kier molecular flexibility index (Phi) is 7.02. The van der Waals surface area contributed by atoms with Crippen LogP contribution in [-0.4, -0.2) is 37.6 Å². The Labute approximate surface area is 159 Å². The number of likely N-dealkylation sites (N-methyl/N-ethyl adjacent to an activating group) is 1. The second-order valence-electron chi connectivity index (χ2n) is 6.14. The van der Waals surface area contributed by atoms with E-state index in [0.29, 0.717) is 22.9 Å². The molecule has 1 amide bonds. The van der Waals surface area contributed by atoms with Crippen LogP contribution < -0.4 is 10.1 Å². The van der Waals surface area contributed by atoms with E-state index in [2.05, 4.69) is 5.32 Å². The van der Waals surface area contributed by atoms with Gasteiger partial charge in [0.1, 0.15) is 5.75 Å². The molecule has 2 atom stereocenters. The zero-order chi connectivity index (χ0) is 19.1. The van der Waals surface area contributed by atoms with Crippen molar-refractivity contribution in [2.75, 3.05) is 20.6 Å². The monoisotopic (exact) mass is 371 g/mol. The summed E-state index contributed by atoms with van der Waals surface area (Å²) >= 11 is 6.29. The van der Waals surface area contributed by atoms with Crippen LogP contribution in [0.1, 0.15) is 24.1 Å². The number of carbonyl (C=O) groups is 1. The molecule has 136 valence electrons. The first-order valence-electron chi connectivity index (χ1n) is 8.27. The molecule has 2 rings (SSSR count). The minimum atomic E-state index is -0.656. The maximum atomic E-state index is 12.4. The first kappa shape index (κ1) is 19.8. The molecule has 2 aromatic rings. The van der Waals surface area contributed by atoms with Crippen LogP contribution in [0.3, 0.4) is 0 Å². The fraction of sp³-hybridized carbons (Fsp3) is 0.300. The fourth-order valence-corrected chi connectivity index (χ4v) is 2.78. The molecule has 5 nitrogen and oxygen atoms in total. The van der Waals surface area contributed by atoms with E-state index in [0.717, 1.165) is 5.56 Å². The van der Waals surface area contributed by atoms with Crippen molar-refractivity contribution < 1.29 is 9.53 Å². The van der Waals surface area contributed by atoms with Gasteiger partial charge in [0, 0.05) is 11.6 Å². The Morgan fingerprint density at radius 3 is 2.46 bits per heavy atom. The molecule has 0 bridgehead atoms. The molecule has 0 fully saturated rings. The Balaban J connectivity index is 1.96. The number of hydrogen-bond acceptors (Lipinski definition) is 4. The summed E-state index contributed by atoms with van der Waals surface area (Å²) in [7, 11) is 3.88. The lowest BCUT2D eigenvalue weighted by atomic mass is 10.1. The average molecular weight is 372 g/mol. The van der Waals surface area contributed by atoms with Crippen molar-refractivity contribution in [1.82, 2.24) is 10.2 Å². The van der Waals surface area contributed by atoms with Crippen LogP contribution in [0, 0.1) is 11.3 Å². The third kappa shape index (κ3) is 5.22. The standard InChI is InChI=1S/C20H22ClN3O2/c1-14(26-16-10-8-15(12-22)9-11-16)20(25)23-13-19(24(2)3)17-6-4-5-7-18(17)21/h4-11,14,19H,13H2,1-3H3,(H,23,25)/t14-,19-/m1/s1. The summed E-state index contributed by atoms with van der Waals surface area (Å²) in [6.45, 7) is 2.10. The minimum absolute atomic E-state index is 0.0465. The van der Waals surface area contributed by atoms with Crippen molar-refractivity contribution in [2.45, 2.75) is 19.1 Å². The molecule has 0 saturated carbocycles. The minimum Gasteiger partial charge on any atom is -0.481 e. The summed E-state index contributed by atoms with van der Waals surface area (Å²) in [5.74, 6) is 0.329. The van der Waals surface area contributed by atoms with Crippen LogP contribution in [0.5, 0.6) is 5.75 Å². The van der Waals surface area contributed by atoms with Gasteiger partial charge in [-0.2, -0.15) is 5.26 Å². The number of ether oxygens (including phenoxy) is 1. The zero-order valence-electron chi connectivity index (χ0n) is 15.1. The largest absolute Gasteiger partial charge is 0.481 e. The first-order chi connectivity index (χ1) is 12.4. The Morgan fingerprint density at radius 2 is 1.88 bits per heavy atom. The molecule has 0 radical (unpaired) electrons. The number of hydrogen-bond donors (Lipinski definition) is 1. The van der Waals surface area contributed by atoms with Crippen LogP contribution in [0.15, 0.2) is 48.5 Å². The Bertz CT molecular complexity index is 784. The van der Waals surface area contributed by atoms with E-state index in [1.165, 1.54) is 0 Å².